The van der Waals surface area contributed by atoms with E-state index in [4.69, 9.17) is 0 Å². The quantitative estimate of drug-likeness (QED) is 0.821. The van der Waals surface area contributed by atoms with E-state index in [9.17, 15) is 0 Å². The third-order valence-corrected chi connectivity index (χ3v) is 3.95. The molecule has 5 nitrogen and oxygen atoms in total. The molecule has 0 spiro atoms. The minimum Gasteiger partial charge on any atom is -0.370 e. The normalized spacial score (nSPS) is 10.6. The minimum absolute atomic E-state index is 0.831. The maximum absolute atomic E-state index is 4.46. The van der Waals surface area contributed by atoms with Gasteiger partial charge in [0.1, 0.15) is 18.0 Å². The van der Waals surface area contributed by atoms with Crippen molar-refractivity contribution in [3.8, 4) is 0 Å². The highest BCUT2D eigenvalue weighted by Crippen LogP contribution is 2.18. The molecule has 0 saturated heterocycles. The molecule has 0 radical (unpaired) electrons. The number of rotatable bonds is 7. The van der Waals surface area contributed by atoms with E-state index in [2.05, 4.69) is 37.9 Å². The van der Waals surface area contributed by atoms with Crippen LogP contribution in [0.4, 0.5) is 11.6 Å². The van der Waals surface area contributed by atoms with E-state index >= 15 is 0 Å². The molecule has 0 unspecified atom stereocenters. The van der Waals surface area contributed by atoms with E-state index in [0.717, 1.165) is 53.8 Å². The number of thiazole rings is 1. The zero-order valence-corrected chi connectivity index (χ0v) is 13.0. The molecule has 0 atom stereocenters. The van der Waals surface area contributed by atoms with E-state index in [1.54, 1.807) is 17.7 Å². The highest BCUT2D eigenvalue weighted by atomic mass is 32.1. The van der Waals surface area contributed by atoms with E-state index < -0.39 is 0 Å². The first kappa shape index (κ1) is 14.7. The molecule has 0 aliphatic rings. The number of aromatic nitrogens is 3. The zero-order chi connectivity index (χ0) is 14.4. The van der Waals surface area contributed by atoms with Crippen LogP contribution in [0.3, 0.4) is 0 Å². The Labute approximate surface area is 123 Å². The van der Waals surface area contributed by atoms with Crippen molar-refractivity contribution in [1.29, 1.82) is 0 Å². The lowest BCUT2D eigenvalue weighted by molar-refractivity contribution is 0.948. The molecule has 108 valence electrons. The van der Waals surface area contributed by atoms with Gasteiger partial charge in [-0.1, -0.05) is 6.92 Å². The summed E-state index contributed by atoms with van der Waals surface area (Å²) in [6.07, 6.45) is 3.59. The molecule has 2 rings (SSSR count). The van der Waals surface area contributed by atoms with Gasteiger partial charge >= 0.3 is 0 Å². The average molecular weight is 291 g/mol. The summed E-state index contributed by atoms with van der Waals surface area (Å²) in [6.45, 7) is 7.95. The minimum atomic E-state index is 0.831. The molecule has 20 heavy (non-hydrogen) atoms. The van der Waals surface area contributed by atoms with Crippen LogP contribution in [-0.2, 0) is 6.42 Å². The Bertz CT molecular complexity index is 552. The van der Waals surface area contributed by atoms with Gasteiger partial charge in [-0.15, -0.1) is 11.3 Å². The van der Waals surface area contributed by atoms with Gasteiger partial charge in [-0.2, -0.15) is 0 Å². The lowest BCUT2D eigenvalue weighted by Crippen LogP contribution is -2.11. The molecule has 2 aromatic heterocycles. The largest absolute Gasteiger partial charge is 0.370 e. The topological polar surface area (TPSA) is 62.7 Å². The van der Waals surface area contributed by atoms with Crippen LogP contribution in [0.15, 0.2) is 11.7 Å². The molecule has 2 heterocycles. The van der Waals surface area contributed by atoms with Crippen LogP contribution in [0.25, 0.3) is 0 Å². The third kappa shape index (κ3) is 3.90. The van der Waals surface area contributed by atoms with Crippen LogP contribution in [0.1, 0.15) is 29.6 Å². The average Bonchev–Trinajstić information content (AvgIpc) is 2.85. The predicted molar refractivity (Wildman–Crippen MR) is 84.6 cm³/mol. The van der Waals surface area contributed by atoms with Crippen molar-refractivity contribution in [2.24, 2.45) is 0 Å². The Morgan fingerprint density at radius 1 is 1.10 bits per heavy atom. The Kier molecular flexibility index (Phi) is 5.29. The van der Waals surface area contributed by atoms with Crippen molar-refractivity contribution in [3.05, 3.63) is 28.0 Å². The van der Waals surface area contributed by atoms with E-state index in [0.29, 0.717) is 0 Å². The molecule has 0 aliphatic heterocycles. The van der Waals surface area contributed by atoms with E-state index in [1.165, 1.54) is 0 Å². The van der Waals surface area contributed by atoms with Gasteiger partial charge in [0.05, 0.1) is 5.01 Å². The number of hydrogen-bond donors (Lipinski definition) is 2. The van der Waals surface area contributed by atoms with Gasteiger partial charge < -0.3 is 10.6 Å². The Morgan fingerprint density at radius 3 is 2.40 bits per heavy atom. The predicted octanol–water partition coefficient (Wildman–Crippen LogP) is 3.03. The fourth-order valence-corrected chi connectivity index (χ4v) is 2.63. The number of nitrogens with zero attached hydrogens (tertiary/aromatic N) is 3. The number of hydrogen-bond acceptors (Lipinski definition) is 6. The molecule has 0 aliphatic carbocycles. The van der Waals surface area contributed by atoms with Crippen LogP contribution in [0.2, 0.25) is 0 Å². The van der Waals surface area contributed by atoms with Crippen LogP contribution < -0.4 is 10.6 Å². The van der Waals surface area contributed by atoms with Crippen molar-refractivity contribution >= 4 is 23.0 Å². The second-order valence-corrected chi connectivity index (χ2v) is 5.62. The van der Waals surface area contributed by atoms with Crippen molar-refractivity contribution in [1.82, 2.24) is 15.0 Å². The molecule has 2 N–H and O–H groups in total. The van der Waals surface area contributed by atoms with Crippen molar-refractivity contribution in [3.63, 3.8) is 0 Å². The first-order valence-electron chi connectivity index (χ1n) is 6.91. The fraction of sp³-hybridized carbons (Fsp3) is 0.500. The zero-order valence-electron chi connectivity index (χ0n) is 12.2. The summed E-state index contributed by atoms with van der Waals surface area (Å²) in [5.41, 5.74) is 2.16. The van der Waals surface area contributed by atoms with Crippen molar-refractivity contribution < 1.29 is 0 Å². The fourth-order valence-electron chi connectivity index (χ4n) is 1.86. The van der Waals surface area contributed by atoms with Gasteiger partial charge in [-0.05, 0) is 20.3 Å². The summed E-state index contributed by atoms with van der Waals surface area (Å²) in [5.74, 6) is 1.81. The monoisotopic (exact) mass is 291 g/mol. The summed E-state index contributed by atoms with van der Waals surface area (Å²) >= 11 is 1.71. The smallest absolute Gasteiger partial charge is 0.134 e. The molecule has 0 aromatic carbocycles. The first-order valence-corrected chi connectivity index (χ1v) is 7.79. The van der Waals surface area contributed by atoms with Crippen molar-refractivity contribution in [2.45, 2.75) is 33.6 Å². The van der Waals surface area contributed by atoms with Gasteiger partial charge in [0.25, 0.3) is 0 Å². The molecule has 2 aromatic rings. The second kappa shape index (κ2) is 7.19. The lowest BCUT2D eigenvalue weighted by Gasteiger charge is -2.11. The van der Waals surface area contributed by atoms with Crippen LogP contribution >= 0.6 is 11.3 Å². The third-order valence-electron chi connectivity index (χ3n) is 2.92. The second-order valence-electron chi connectivity index (χ2n) is 4.68. The van der Waals surface area contributed by atoms with Crippen LogP contribution in [-0.4, -0.2) is 28.0 Å². The first-order chi connectivity index (χ1) is 9.70. The molecule has 0 bridgehead atoms. The summed E-state index contributed by atoms with van der Waals surface area (Å²) in [6, 6.07) is 0. The highest BCUT2D eigenvalue weighted by molar-refractivity contribution is 7.09. The SMILES string of the molecule is CCCNc1ncnc(NCCc2nc(C)cs2)c1C. The molecular formula is C14H21N5S. The van der Waals surface area contributed by atoms with Gasteiger partial charge in [-0.25, -0.2) is 15.0 Å². The summed E-state index contributed by atoms with van der Waals surface area (Å²) in [7, 11) is 0. The highest BCUT2D eigenvalue weighted by Gasteiger charge is 2.06. The Hall–Kier alpha value is -1.69. The molecule has 6 heteroatoms. The lowest BCUT2D eigenvalue weighted by atomic mass is 10.3. The Balaban J connectivity index is 1.92. The Morgan fingerprint density at radius 2 is 1.80 bits per heavy atom. The molecule has 0 fully saturated rings. The number of aryl methyl sites for hydroxylation is 1. The number of nitrogens with one attached hydrogen (secondary N) is 2. The standard InChI is InChI=1S/C14H21N5S/c1-4-6-15-13-11(3)14(18-9-17-13)16-7-5-12-19-10(2)8-20-12/h8-9H,4-7H2,1-3H3,(H2,15,16,17,18). The number of anilines is 2. The van der Waals surface area contributed by atoms with Gasteiger partial charge in [0.15, 0.2) is 0 Å². The summed E-state index contributed by atoms with van der Waals surface area (Å²) < 4.78 is 0. The van der Waals surface area contributed by atoms with E-state index in [1.807, 2.05) is 13.8 Å². The van der Waals surface area contributed by atoms with Crippen LogP contribution in [0, 0.1) is 13.8 Å². The van der Waals surface area contributed by atoms with Gasteiger partial charge in [-0.3, -0.25) is 0 Å². The van der Waals surface area contributed by atoms with Crippen LogP contribution in [0.5, 0.6) is 0 Å². The van der Waals surface area contributed by atoms with Gasteiger partial charge in [0.2, 0.25) is 0 Å². The molecular weight excluding hydrogens is 270 g/mol. The maximum atomic E-state index is 4.46. The van der Waals surface area contributed by atoms with Gasteiger partial charge in [0, 0.05) is 36.1 Å². The summed E-state index contributed by atoms with van der Waals surface area (Å²) in [5, 5.41) is 9.92. The summed E-state index contributed by atoms with van der Waals surface area (Å²) in [4.78, 5) is 13.0. The maximum Gasteiger partial charge on any atom is 0.134 e. The van der Waals surface area contributed by atoms with E-state index in [-0.39, 0.29) is 0 Å². The molecule has 0 saturated carbocycles. The van der Waals surface area contributed by atoms with Crippen molar-refractivity contribution in [2.75, 3.05) is 23.7 Å². The molecule has 0 amide bonds.